The molecule has 0 saturated carbocycles. The Hall–Kier alpha value is -1.32. The third kappa shape index (κ3) is 3.41. The lowest BCUT2D eigenvalue weighted by Gasteiger charge is -2.21. The summed E-state index contributed by atoms with van der Waals surface area (Å²) in [6, 6.07) is 9.64. The van der Waals surface area contributed by atoms with Crippen LogP contribution in [-0.2, 0) is 12.4 Å². The summed E-state index contributed by atoms with van der Waals surface area (Å²) >= 11 is 11.4. The second-order valence-corrected chi connectivity index (χ2v) is 5.23. The van der Waals surface area contributed by atoms with Crippen molar-refractivity contribution in [2.45, 2.75) is 12.4 Å². The van der Waals surface area contributed by atoms with Crippen LogP contribution in [0.4, 0.5) is 14.5 Å². The van der Waals surface area contributed by atoms with E-state index in [-0.39, 0.29) is 11.6 Å². The summed E-state index contributed by atoms with van der Waals surface area (Å²) < 4.78 is 27.9. The molecule has 1 nitrogen and oxygen atoms in total. The van der Waals surface area contributed by atoms with Gasteiger partial charge in [-0.15, -0.1) is 11.6 Å². The zero-order chi connectivity index (χ0) is 14.7. The number of alkyl halides is 1. The van der Waals surface area contributed by atoms with Crippen molar-refractivity contribution in [3.63, 3.8) is 0 Å². The van der Waals surface area contributed by atoms with E-state index in [2.05, 4.69) is 0 Å². The van der Waals surface area contributed by atoms with Crippen LogP contribution in [0.3, 0.4) is 0 Å². The highest BCUT2D eigenvalue weighted by molar-refractivity contribution is 6.30. The van der Waals surface area contributed by atoms with Crippen molar-refractivity contribution in [3.8, 4) is 0 Å². The summed E-state index contributed by atoms with van der Waals surface area (Å²) in [7, 11) is 1.64. The fraction of sp³-hybridized carbons (Fsp3) is 0.200. The summed E-state index contributed by atoms with van der Waals surface area (Å²) in [6.07, 6.45) is 0. The molecule has 2 aromatic rings. The zero-order valence-corrected chi connectivity index (χ0v) is 12.3. The van der Waals surface area contributed by atoms with E-state index in [1.165, 1.54) is 17.0 Å². The third-order valence-electron chi connectivity index (χ3n) is 2.95. The van der Waals surface area contributed by atoms with Crippen LogP contribution < -0.4 is 4.90 Å². The highest BCUT2D eigenvalue weighted by Gasteiger charge is 2.15. The van der Waals surface area contributed by atoms with E-state index in [0.717, 1.165) is 5.56 Å². The predicted molar refractivity (Wildman–Crippen MR) is 79.5 cm³/mol. The quantitative estimate of drug-likeness (QED) is 0.718. The lowest BCUT2D eigenvalue weighted by atomic mass is 10.1. The monoisotopic (exact) mass is 315 g/mol. The average Bonchev–Trinajstić information content (AvgIpc) is 2.40. The molecule has 0 saturated heterocycles. The van der Waals surface area contributed by atoms with Crippen molar-refractivity contribution in [2.75, 3.05) is 11.9 Å². The minimum atomic E-state index is -0.614. The van der Waals surface area contributed by atoms with Crippen molar-refractivity contribution >= 4 is 28.9 Å². The predicted octanol–water partition coefficient (Wildman–Crippen LogP) is 4.99. The van der Waals surface area contributed by atoms with E-state index in [1.807, 2.05) is 12.1 Å². The first-order valence-electron chi connectivity index (χ1n) is 6.00. The molecule has 2 aromatic carbocycles. The molecular weight excluding hydrogens is 303 g/mol. The molecule has 20 heavy (non-hydrogen) atoms. The van der Waals surface area contributed by atoms with Crippen LogP contribution in [0.1, 0.15) is 11.1 Å². The molecule has 0 bridgehead atoms. The maximum Gasteiger partial charge on any atom is 0.149 e. The Kier molecular flexibility index (Phi) is 4.84. The van der Waals surface area contributed by atoms with Crippen LogP contribution in [0, 0.1) is 11.6 Å². The smallest absolute Gasteiger partial charge is 0.149 e. The molecule has 0 aromatic heterocycles. The number of hydrogen-bond acceptors (Lipinski definition) is 1. The third-order valence-corrected chi connectivity index (χ3v) is 3.51. The van der Waals surface area contributed by atoms with E-state index in [4.69, 9.17) is 23.2 Å². The van der Waals surface area contributed by atoms with Gasteiger partial charge in [0, 0.05) is 24.5 Å². The molecule has 0 aliphatic carbocycles. The fourth-order valence-electron chi connectivity index (χ4n) is 2.00. The Bertz CT molecular complexity index is 576. The van der Waals surface area contributed by atoms with Gasteiger partial charge in [0.15, 0.2) is 0 Å². The summed E-state index contributed by atoms with van der Waals surface area (Å²) in [6.45, 7) is 0.380. The molecule has 0 unspecified atom stereocenters. The van der Waals surface area contributed by atoms with Gasteiger partial charge < -0.3 is 4.90 Å². The molecule has 0 atom stereocenters. The van der Waals surface area contributed by atoms with Gasteiger partial charge >= 0.3 is 0 Å². The van der Waals surface area contributed by atoms with E-state index in [1.54, 1.807) is 19.2 Å². The molecule has 0 fully saturated rings. The maximum atomic E-state index is 14.0. The second kappa shape index (κ2) is 6.42. The van der Waals surface area contributed by atoms with Gasteiger partial charge in [0.05, 0.1) is 0 Å². The average molecular weight is 316 g/mol. The van der Waals surface area contributed by atoms with Gasteiger partial charge in [-0.25, -0.2) is 8.78 Å². The van der Waals surface area contributed by atoms with Crippen molar-refractivity contribution in [1.29, 1.82) is 0 Å². The van der Waals surface area contributed by atoms with E-state index in [0.29, 0.717) is 17.1 Å². The number of hydrogen-bond donors (Lipinski definition) is 0. The first kappa shape index (κ1) is 15.1. The minimum absolute atomic E-state index is 0.0613. The van der Waals surface area contributed by atoms with Crippen LogP contribution in [0.5, 0.6) is 0 Å². The summed E-state index contributed by atoms with van der Waals surface area (Å²) in [5.74, 6) is -1.15. The number of rotatable bonds is 4. The molecule has 2 rings (SSSR count). The van der Waals surface area contributed by atoms with Gasteiger partial charge in [0.25, 0.3) is 0 Å². The largest absolute Gasteiger partial charge is 0.366 e. The normalized spacial score (nSPS) is 10.7. The van der Waals surface area contributed by atoms with Crippen molar-refractivity contribution in [3.05, 3.63) is 64.2 Å². The van der Waals surface area contributed by atoms with Crippen LogP contribution in [0.25, 0.3) is 0 Å². The van der Waals surface area contributed by atoms with Gasteiger partial charge in [-0.1, -0.05) is 23.7 Å². The Morgan fingerprint density at radius 3 is 2.05 bits per heavy atom. The lowest BCUT2D eigenvalue weighted by molar-refractivity contribution is 0.574. The van der Waals surface area contributed by atoms with Gasteiger partial charge in [0.2, 0.25) is 0 Å². The standard InChI is InChI=1S/C15H13Cl2F2N/c1-20(9-10-2-4-12(17)5-3-10)15-13(18)6-11(8-16)7-14(15)19/h2-7H,8-9H2,1H3. The van der Waals surface area contributed by atoms with Gasteiger partial charge in [-0.3, -0.25) is 0 Å². The van der Waals surface area contributed by atoms with Crippen LogP contribution in [0.15, 0.2) is 36.4 Å². The number of anilines is 1. The molecule has 0 spiro atoms. The number of nitrogens with zero attached hydrogens (tertiary/aromatic N) is 1. The second-order valence-electron chi connectivity index (χ2n) is 4.52. The van der Waals surface area contributed by atoms with Crippen LogP contribution in [0.2, 0.25) is 5.02 Å². The van der Waals surface area contributed by atoms with E-state index >= 15 is 0 Å². The van der Waals surface area contributed by atoms with Gasteiger partial charge in [-0.05, 0) is 35.4 Å². The minimum Gasteiger partial charge on any atom is -0.366 e. The van der Waals surface area contributed by atoms with Gasteiger partial charge in [-0.2, -0.15) is 0 Å². The molecule has 0 amide bonds. The Morgan fingerprint density at radius 1 is 1.00 bits per heavy atom. The first-order valence-corrected chi connectivity index (χ1v) is 6.92. The first-order chi connectivity index (χ1) is 9.51. The van der Waals surface area contributed by atoms with Crippen molar-refractivity contribution < 1.29 is 8.78 Å². The molecular formula is C15H13Cl2F2N. The van der Waals surface area contributed by atoms with Crippen LogP contribution in [-0.4, -0.2) is 7.05 Å². The lowest BCUT2D eigenvalue weighted by Crippen LogP contribution is -2.19. The number of halogens is 4. The topological polar surface area (TPSA) is 3.24 Å². The summed E-state index contributed by atoms with van der Waals surface area (Å²) in [4.78, 5) is 1.52. The zero-order valence-electron chi connectivity index (χ0n) is 10.8. The van der Waals surface area contributed by atoms with E-state index < -0.39 is 11.6 Å². The highest BCUT2D eigenvalue weighted by Crippen LogP contribution is 2.26. The Labute approximate surface area is 126 Å². The molecule has 0 radical (unpaired) electrons. The highest BCUT2D eigenvalue weighted by atomic mass is 35.5. The van der Waals surface area contributed by atoms with Gasteiger partial charge in [0.1, 0.15) is 17.3 Å². The SMILES string of the molecule is CN(Cc1ccc(Cl)cc1)c1c(F)cc(CCl)cc1F. The maximum absolute atomic E-state index is 14.0. The Morgan fingerprint density at radius 2 is 1.55 bits per heavy atom. The molecule has 0 aliphatic heterocycles. The van der Waals surface area contributed by atoms with Crippen molar-refractivity contribution in [2.24, 2.45) is 0 Å². The molecule has 106 valence electrons. The van der Waals surface area contributed by atoms with Crippen molar-refractivity contribution in [1.82, 2.24) is 0 Å². The molecule has 0 heterocycles. The molecule has 5 heteroatoms. The number of benzene rings is 2. The molecule has 0 N–H and O–H groups in total. The Balaban J connectivity index is 2.25. The van der Waals surface area contributed by atoms with E-state index in [9.17, 15) is 8.78 Å². The fourth-order valence-corrected chi connectivity index (χ4v) is 2.28. The summed E-state index contributed by atoms with van der Waals surface area (Å²) in [5, 5.41) is 0.625. The summed E-state index contributed by atoms with van der Waals surface area (Å²) in [5.41, 5.74) is 1.27. The van der Waals surface area contributed by atoms with Crippen LogP contribution >= 0.6 is 23.2 Å². The molecule has 0 aliphatic rings.